The normalized spacial score (nSPS) is 16.6. The fourth-order valence-corrected chi connectivity index (χ4v) is 2.61. The number of Topliss-reactive ketones (excluding diaryl/α,β-unsaturated/α-hetero) is 1. The van der Waals surface area contributed by atoms with E-state index in [9.17, 15) is 9.90 Å². The summed E-state index contributed by atoms with van der Waals surface area (Å²) in [6.07, 6.45) is 0. The summed E-state index contributed by atoms with van der Waals surface area (Å²) in [7, 11) is 3.13. The Labute approximate surface area is 128 Å². The molecule has 0 saturated carbocycles. The van der Waals surface area contributed by atoms with Crippen LogP contribution in [0.2, 0.25) is 0 Å². The van der Waals surface area contributed by atoms with Gasteiger partial charge in [0.1, 0.15) is 29.6 Å². The van der Waals surface area contributed by atoms with Crippen molar-refractivity contribution in [2.24, 2.45) is 0 Å². The fourth-order valence-electron chi connectivity index (χ4n) is 2.61. The molecule has 2 aromatic rings. The average molecular weight is 300 g/mol. The van der Waals surface area contributed by atoms with Gasteiger partial charge in [0.2, 0.25) is 0 Å². The molecule has 0 radical (unpaired) electrons. The van der Waals surface area contributed by atoms with Crippen LogP contribution in [0.15, 0.2) is 36.4 Å². The van der Waals surface area contributed by atoms with Gasteiger partial charge in [-0.3, -0.25) is 4.79 Å². The summed E-state index contributed by atoms with van der Waals surface area (Å²) in [6.45, 7) is 0.206. The molecule has 1 aliphatic rings. The standard InChI is InChI=1S/C17H16O5/c1-20-11-4-6-12(15(8-11)21-2)14-9-22-16-7-10(18)3-5-13(16)17(14)19/h3-8,14,18H,9H2,1-2H3/t14-/m1/s1. The van der Waals surface area contributed by atoms with Gasteiger partial charge < -0.3 is 19.3 Å². The van der Waals surface area contributed by atoms with Gasteiger partial charge in [0.05, 0.1) is 25.7 Å². The Bertz CT molecular complexity index is 723. The number of ketones is 1. The quantitative estimate of drug-likeness (QED) is 0.944. The van der Waals surface area contributed by atoms with E-state index < -0.39 is 5.92 Å². The van der Waals surface area contributed by atoms with Crippen LogP contribution in [0.3, 0.4) is 0 Å². The summed E-state index contributed by atoms with van der Waals surface area (Å²) in [5, 5.41) is 9.47. The van der Waals surface area contributed by atoms with Gasteiger partial charge >= 0.3 is 0 Å². The highest BCUT2D eigenvalue weighted by Gasteiger charge is 2.32. The number of hydrogen-bond acceptors (Lipinski definition) is 5. The van der Waals surface area contributed by atoms with Crippen molar-refractivity contribution in [1.82, 2.24) is 0 Å². The second kappa shape index (κ2) is 5.60. The first-order valence-corrected chi connectivity index (χ1v) is 6.86. The molecule has 22 heavy (non-hydrogen) atoms. The second-order valence-electron chi connectivity index (χ2n) is 5.02. The van der Waals surface area contributed by atoms with Crippen molar-refractivity contribution in [2.45, 2.75) is 5.92 Å². The number of hydrogen-bond donors (Lipinski definition) is 1. The minimum absolute atomic E-state index is 0.0512. The van der Waals surface area contributed by atoms with Crippen LogP contribution in [0.5, 0.6) is 23.0 Å². The highest BCUT2D eigenvalue weighted by atomic mass is 16.5. The maximum absolute atomic E-state index is 12.7. The third-order valence-corrected chi connectivity index (χ3v) is 3.77. The third kappa shape index (κ3) is 2.35. The Morgan fingerprint density at radius 3 is 2.68 bits per heavy atom. The summed E-state index contributed by atoms with van der Waals surface area (Å²) in [6, 6.07) is 9.86. The van der Waals surface area contributed by atoms with Crippen molar-refractivity contribution in [2.75, 3.05) is 20.8 Å². The Morgan fingerprint density at radius 1 is 1.14 bits per heavy atom. The molecular weight excluding hydrogens is 284 g/mol. The van der Waals surface area contributed by atoms with Gasteiger partial charge in [0.25, 0.3) is 0 Å². The van der Waals surface area contributed by atoms with Crippen molar-refractivity contribution in [3.8, 4) is 23.0 Å². The molecule has 0 saturated heterocycles. The van der Waals surface area contributed by atoms with E-state index in [-0.39, 0.29) is 18.1 Å². The molecule has 0 spiro atoms. The van der Waals surface area contributed by atoms with E-state index in [1.807, 2.05) is 6.07 Å². The van der Waals surface area contributed by atoms with E-state index in [0.29, 0.717) is 22.8 Å². The molecule has 5 heteroatoms. The molecule has 3 rings (SSSR count). The Kier molecular flexibility index (Phi) is 3.63. The van der Waals surface area contributed by atoms with Crippen molar-refractivity contribution in [3.05, 3.63) is 47.5 Å². The summed E-state index contributed by atoms with van der Waals surface area (Å²) >= 11 is 0. The van der Waals surface area contributed by atoms with Gasteiger partial charge in [-0.1, -0.05) is 6.07 Å². The predicted octanol–water partition coefficient (Wildman–Crippen LogP) is 2.77. The number of phenols is 1. The van der Waals surface area contributed by atoms with E-state index in [1.165, 1.54) is 12.1 Å². The minimum atomic E-state index is -0.446. The van der Waals surface area contributed by atoms with E-state index in [1.54, 1.807) is 32.4 Å². The SMILES string of the molecule is COc1ccc([C@H]2COc3cc(O)ccc3C2=O)c(OC)c1. The molecule has 1 atom stereocenters. The van der Waals surface area contributed by atoms with Crippen molar-refractivity contribution < 1.29 is 24.1 Å². The number of carbonyl (C=O) groups is 1. The highest BCUT2D eigenvalue weighted by Crippen LogP contribution is 2.38. The molecule has 114 valence electrons. The van der Waals surface area contributed by atoms with Crippen molar-refractivity contribution in [1.29, 1.82) is 0 Å². The lowest BCUT2D eigenvalue weighted by Gasteiger charge is -2.25. The summed E-state index contributed by atoms with van der Waals surface area (Å²) in [4.78, 5) is 12.7. The van der Waals surface area contributed by atoms with E-state index >= 15 is 0 Å². The van der Waals surface area contributed by atoms with Crippen molar-refractivity contribution >= 4 is 5.78 Å². The predicted molar refractivity (Wildman–Crippen MR) is 80.2 cm³/mol. The summed E-state index contributed by atoms with van der Waals surface area (Å²) in [5.74, 6) is 1.24. The lowest BCUT2D eigenvalue weighted by atomic mass is 9.88. The van der Waals surface area contributed by atoms with Crippen LogP contribution in [0.1, 0.15) is 21.8 Å². The van der Waals surface area contributed by atoms with Crippen LogP contribution in [0, 0.1) is 0 Å². The van der Waals surface area contributed by atoms with Gasteiger partial charge in [-0.2, -0.15) is 0 Å². The number of aromatic hydroxyl groups is 1. The zero-order valence-corrected chi connectivity index (χ0v) is 12.3. The molecule has 0 aliphatic carbocycles. The number of fused-ring (bicyclic) bond motifs is 1. The monoisotopic (exact) mass is 300 g/mol. The Morgan fingerprint density at radius 2 is 1.95 bits per heavy atom. The molecule has 0 bridgehead atoms. The van der Waals surface area contributed by atoms with Crippen LogP contribution in [-0.4, -0.2) is 31.7 Å². The smallest absolute Gasteiger partial charge is 0.177 e. The topological polar surface area (TPSA) is 65.0 Å². The van der Waals surface area contributed by atoms with E-state index in [2.05, 4.69) is 0 Å². The van der Waals surface area contributed by atoms with Crippen LogP contribution >= 0.6 is 0 Å². The number of carbonyl (C=O) groups excluding carboxylic acids is 1. The molecule has 2 aromatic carbocycles. The number of phenolic OH excluding ortho intramolecular Hbond substituents is 1. The van der Waals surface area contributed by atoms with E-state index in [4.69, 9.17) is 14.2 Å². The largest absolute Gasteiger partial charge is 0.508 e. The maximum Gasteiger partial charge on any atom is 0.177 e. The molecule has 0 unspecified atom stereocenters. The molecule has 0 amide bonds. The Balaban J connectivity index is 2.00. The van der Waals surface area contributed by atoms with E-state index in [0.717, 1.165) is 5.56 Å². The van der Waals surface area contributed by atoms with Crippen molar-refractivity contribution in [3.63, 3.8) is 0 Å². The first-order chi connectivity index (χ1) is 10.6. The fraction of sp³-hybridized carbons (Fsp3) is 0.235. The average Bonchev–Trinajstić information content (AvgIpc) is 2.54. The number of ether oxygens (including phenoxy) is 3. The summed E-state index contributed by atoms with van der Waals surface area (Å²) < 4.78 is 16.2. The molecule has 0 fully saturated rings. The lowest BCUT2D eigenvalue weighted by Crippen LogP contribution is -2.26. The molecule has 0 aromatic heterocycles. The maximum atomic E-state index is 12.7. The zero-order valence-electron chi connectivity index (χ0n) is 12.3. The molecule has 1 aliphatic heterocycles. The lowest BCUT2D eigenvalue weighted by molar-refractivity contribution is 0.0894. The number of rotatable bonds is 3. The molecular formula is C17H16O5. The first kappa shape index (κ1) is 14.3. The van der Waals surface area contributed by atoms with Gasteiger partial charge in [-0.25, -0.2) is 0 Å². The minimum Gasteiger partial charge on any atom is -0.508 e. The Hall–Kier alpha value is -2.69. The van der Waals surface area contributed by atoms with Crippen LogP contribution < -0.4 is 14.2 Å². The van der Waals surface area contributed by atoms with Crippen LogP contribution in [-0.2, 0) is 0 Å². The van der Waals surface area contributed by atoms with Crippen LogP contribution in [0.25, 0.3) is 0 Å². The van der Waals surface area contributed by atoms with Gasteiger partial charge in [-0.05, 0) is 18.2 Å². The summed E-state index contributed by atoms with van der Waals surface area (Å²) in [5.41, 5.74) is 1.22. The third-order valence-electron chi connectivity index (χ3n) is 3.77. The first-order valence-electron chi connectivity index (χ1n) is 6.86. The van der Waals surface area contributed by atoms with Gasteiger partial charge in [-0.15, -0.1) is 0 Å². The van der Waals surface area contributed by atoms with Gasteiger partial charge in [0, 0.05) is 17.7 Å². The number of methoxy groups -OCH3 is 2. The van der Waals surface area contributed by atoms with Gasteiger partial charge in [0.15, 0.2) is 5.78 Å². The van der Waals surface area contributed by atoms with Crippen LogP contribution in [0.4, 0.5) is 0 Å². The highest BCUT2D eigenvalue weighted by molar-refractivity contribution is 6.04. The molecule has 1 heterocycles. The molecule has 1 N–H and O–H groups in total. The second-order valence-corrected chi connectivity index (χ2v) is 5.02. The zero-order chi connectivity index (χ0) is 15.7. The number of benzene rings is 2. The molecule has 5 nitrogen and oxygen atoms in total.